The predicted molar refractivity (Wildman–Crippen MR) is 97.7 cm³/mol. The molecule has 0 aliphatic heterocycles. The van der Waals surface area contributed by atoms with Gasteiger partial charge in [-0.05, 0) is 55.6 Å². The number of nitrogens with one attached hydrogen (secondary N) is 1. The summed E-state index contributed by atoms with van der Waals surface area (Å²) >= 11 is 5.38. The second-order valence-corrected chi connectivity index (χ2v) is 6.64. The maximum atomic E-state index is 6.18. The molecular formula is C18H20N4O2S. The lowest BCUT2D eigenvalue weighted by atomic mass is 10.2. The Hall–Kier alpha value is -2.41. The van der Waals surface area contributed by atoms with Crippen molar-refractivity contribution < 1.29 is 9.47 Å². The highest BCUT2D eigenvalue weighted by Crippen LogP contribution is 2.32. The van der Waals surface area contributed by atoms with Gasteiger partial charge in [0, 0.05) is 0 Å². The Balaban J connectivity index is 1.66. The van der Waals surface area contributed by atoms with Gasteiger partial charge in [0.15, 0.2) is 17.1 Å². The summed E-state index contributed by atoms with van der Waals surface area (Å²) in [6.45, 7) is 0.582. The molecule has 0 bridgehead atoms. The molecule has 2 aromatic heterocycles. The van der Waals surface area contributed by atoms with Gasteiger partial charge in [0.05, 0.1) is 32.3 Å². The summed E-state index contributed by atoms with van der Waals surface area (Å²) in [5, 5.41) is 0. The fourth-order valence-corrected chi connectivity index (χ4v) is 3.51. The number of fused-ring (bicyclic) bond motifs is 1. The number of hydrogen-bond donors (Lipinski definition) is 1. The highest BCUT2D eigenvalue weighted by atomic mass is 32.1. The molecule has 1 aromatic carbocycles. The Kier molecular flexibility index (Phi) is 4.40. The van der Waals surface area contributed by atoms with Crippen molar-refractivity contribution in [1.29, 1.82) is 0 Å². The van der Waals surface area contributed by atoms with E-state index in [2.05, 4.69) is 15.0 Å². The summed E-state index contributed by atoms with van der Waals surface area (Å²) in [6, 6.07) is 6.00. The fourth-order valence-electron chi connectivity index (χ4n) is 3.31. The largest absolute Gasteiger partial charge is 0.493 e. The summed E-state index contributed by atoms with van der Waals surface area (Å²) in [4.78, 5) is 11.7. The Labute approximate surface area is 150 Å². The number of H-pyrrole nitrogens is 1. The molecule has 2 heterocycles. The molecule has 0 spiro atoms. The quantitative estimate of drug-likeness (QED) is 0.703. The summed E-state index contributed by atoms with van der Waals surface area (Å²) in [6.07, 6.45) is 8.32. The van der Waals surface area contributed by atoms with Gasteiger partial charge < -0.3 is 14.5 Å². The molecule has 3 aromatic rings. The summed E-state index contributed by atoms with van der Waals surface area (Å²) in [5.41, 5.74) is 2.74. The smallest absolute Gasteiger partial charge is 0.201 e. The van der Waals surface area contributed by atoms with Crippen molar-refractivity contribution in [1.82, 2.24) is 19.5 Å². The van der Waals surface area contributed by atoms with Crippen LogP contribution in [0.15, 0.2) is 30.7 Å². The zero-order chi connectivity index (χ0) is 17.2. The van der Waals surface area contributed by atoms with Gasteiger partial charge >= 0.3 is 0 Å². The van der Waals surface area contributed by atoms with Gasteiger partial charge in [0.1, 0.15) is 5.52 Å². The third-order valence-corrected chi connectivity index (χ3v) is 4.93. The first kappa shape index (κ1) is 16.1. The predicted octanol–water partition coefficient (Wildman–Crippen LogP) is 3.87. The van der Waals surface area contributed by atoms with Gasteiger partial charge in [-0.15, -0.1) is 0 Å². The number of hydrogen-bond acceptors (Lipinski definition) is 5. The van der Waals surface area contributed by atoms with Crippen LogP contribution < -0.4 is 9.47 Å². The van der Waals surface area contributed by atoms with Crippen molar-refractivity contribution in [2.24, 2.45) is 0 Å². The van der Waals surface area contributed by atoms with Crippen LogP contribution in [-0.4, -0.2) is 32.7 Å². The molecule has 1 saturated carbocycles. The molecule has 0 atom stereocenters. The number of ether oxygens (including phenoxy) is 2. The van der Waals surface area contributed by atoms with Gasteiger partial charge in [-0.1, -0.05) is 6.07 Å². The van der Waals surface area contributed by atoms with E-state index in [1.165, 1.54) is 12.8 Å². The molecule has 7 heteroatoms. The minimum absolute atomic E-state index is 0.280. The van der Waals surface area contributed by atoms with Crippen LogP contribution in [0, 0.1) is 4.77 Å². The second kappa shape index (κ2) is 6.84. The van der Waals surface area contributed by atoms with Crippen molar-refractivity contribution in [3.63, 3.8) is 0 Å². The van der Waals surface area contributed by atoms with E-state index in [-0.39, 0.29) is 6.10 Å². The monoisotopic (exact) mass is 356 g/mol. The Morgan fingerprint density at radius 2 is 2.08 bits per heavy atom. The Bertz CT molecular complexity index is 944. The molecule has 1 N–H and O–H groups in total. The average molecular weight is 356 g/mol. The first-order valence-corrected chi connectivity index (χ1v) is 8.88. The van der Waals surface area contributed by atoms with E-state index in [1.807, 2.05) is 22.8 Å². The third kappa shape index (κ3) is 3.24. The van der Waals surface area contributed by atoms with E-state index >= 15 is 0 Å². The summed E-state index contributed by atoms with van der Waals surface area (Å²) in [7, 11) is 1.67. The first-order valence-electron chi connectivity index (χ1n) is 8.47. The minimum Gasteiger partial charge on any atom is -0.493 e. The SMILES string of the molecule is COc1ccc(Cn2c(=S)ncc3[nH]cnc32)cc1OC1CCCC1. The van der Waals surface area contributed by atoms with Crippen molar-refractivity contribution in [3.8, 4) is 11.5 Å². The van der Waals surface area contributed by atoms with Crippen molar-refractivity contribution in [3.05, 3.63) is 41.1 Å². The van der Waals surface area contributed by atoms with Crippen LogP contribution in [0.4, 0.5) is 0 Å². The zero-order valence-corrected chi connectivity index (χ0v) is 14.9. The second-order valence-electron chi connectivity index (χ2n) is 6.28. The van der Waals surface area contributed by atoms with E-state index in [0.717, 1.165) is 41.1 Å². The number of nitrogens with zero attached hydrogens (tertiary/aromatic N) is 3. The summed E-state index contributed by atoms with van der Waals surface area (Å²) in [5.74, 6) is 1.55. The van der Waals surface area contributed by atoms with Gasteiger partial charge in [-0.3, -0.25) is 4.57 Å². The first-order chi connectivity index (χ1) is 12.2. The van der Waals surface area contributed by atoms with Crippen LogP contribution in [0.2, 0.25) is 0 Å². The molecule has 0 unspecified atom stereocenters. The topological polar surface area (TPSA) is 65.0 Å². The van der Waals surface area contributed by atoms with Crippen molar-refractivity contribution >= 4 is 23.4 Å². The molecule has 0 saturated heterocycles. The van der Waals surface area contributed by atoms with Crippen molar-refractivity contribution in [2.45, 2.75) is 38.3 Å². The molecule has 0 amide bonds. The van der Waals surface area contributed by atoms with Gasteiger partial charge in [-0.25, -0.2) is 9.97 Å². The number of methoxy groups -OCH3 is 1. The van der Waals surface area contributed by atoms with E-state index in [9.17, 15) is 0 Å². The highest BCUT2D eigenvalue weighted by Gasteiger charge is 2.19. The molecule has 1 aliphatic carbocycles. The molecule has 1 aliphatic rings. The lowest BCUT2D eigenvalue weighted by molar-refractivity contribution is 0.200. The van der Waals surface area contributed by atoms with E-state index in [0.29, 0.717) is 11.3 Å². The lowest BCUT2D eigenvalue weighted by Crippen LogP contribution is -2.12. The van der Waals surface area contributed by atoms with Crippen LogP contribution in [0.25, 0.3) is 11.2 Å². The maximum Gasteiger partial charge on any atom is 0.201 e. The highest BCUT2D eigenvalue weighted by molar-refractivity contribution is 7.71. The number of benzene rings is 1. The van der Waals surface area contributed by atoms with Crippen LogP contribution in [0.1, 0.15) is 31.2 Å². The van der Waals surface area contributed by atoms with E-state index in [1.54, 1.807) is 19.6 Å². The molecular weight excluding hydrogens is 336 g/mol. The zero-order valence-electron chi connectivity index (χ0n) is 14.1. The molecule has 6 nitrogen and oxygen atoms in total. The van der Waals surface area contributed by atoms with Crippen LogP contribution in [0.3, 0.4) is 0 Å². The molecule has 1 fully saturated rings. The summed E-state index contributed by atoms with van der Waals surface area (Å²) < 4.78 is 14.1. The molecule has 4 rings (SSSR count). The maximum absolute atomic E-state index is 6.18. The van der Waals surface area contributed by atoms with Gasteiger partial charge in [0.25, 0.3) is 0 Å². The van der Waals surface area contributed by atoms with Gasteiger partial charge in [0.2, 0.25) is 4.77 Å². The Morgan fingerprint density at radius 3 is 2.88 bits per heavy atom. The number of imidazole rings is 1. The van der Waals surface area contributed by atoms with Crippen LogP contribution >= 0.6 is 12.2 Å². The fraction of sp³-hybridized carbons (Fsp3) is 0.389. The normalized spacial score (nSPS) is 14.9. The number of rotatable bonds is 5. The van der Waals surface area contributed by atoms with Crippen LogP contribution in [0.5, 0.6) is 11.5 Å². The Morgan fingerprint density at radius 1 is 1.24 bits per heavy atom. The van der Waals surface area contributed by atoms with Crippen LogP contribution in [-0.2, 0) is 6.54 Å². The standard InChI is InChI=1S/C18H20N4O2S/c1-23-15-7-6-12(8-16(15)24-13-4-2-3-5-13)10-22-17-14(20-11-21-17)9-19-18(22)25/h6-9,11,13H,2-5,10H2,1H3,(H,20,21). The number of aromatic nitrogens is 4. The van der Waals surface area contributed by atoms with Gasteiger partial charge in [-0.2, -0.15) is 0 Å². The lowest BCUT2D eigenvalue weighted by Gasteiger charge is -2.17. The van der Waals surface area contributed by atoms with E-state index < -0.39 is 0 Å². The number of aromatic amines is 1. The molecule has 0 radical (unpaired) electrons. The minimum atomic E-state index is 0.280. The molecule has 130 valence electrons. The molecule has 25 heavy (non-hydrogen) atoms. The van der Waals surface area contributed by atoms with E-state index in [4.69, 9.17) is 21.7 Å². The van der Waals surface area contributed by atoms with Crippen molar-refractivity contribution in [2.75, 3.05) is 7.11 Å². The average Bonchev–Trinajstić information content (AvgIpc) is 3.29. The third-order valence-electron chi connectivity index (χ3n) is 4.60.